The van der Waals surface area contributed by atoms with Gasteiger partial charge in [0.25, 0.3) is 0 Å². The molecule has 2 aromatic heterocycles. The number of fused-ring (bicyclic) bond motifs is 1. The molecule has 0 fully saturated rings. The first kappa shape index (κ1) is 13.1. The van der Waals surface area contributed by atoms with E-state index in [9.17, 15) is 4.39 Å². The quantitative estimate of drug-likeness (QED) is 0.690. The predicted octanol–water partition coefficient (Wildman–Crippen LogP) is 3.82. The highest BCUT2D eigenvalue weighted by atomic mass is 35.5. The van der Waals surface area contributed by atoms with E-state index in [1.807, 2.05) is 24.5 Å². The maximum Gasteiger partial charge on any atom is 0.156 e. The van der Waals surface area contributed by atoms with Crippen molar-refractivity contribution in [3.63, 3.8) is 0 Å². The molecule has 2 heterocycles. The predicted molar refractivity (Wildman–Crippen MR) is 74.3 cm³/mol. The number of imidazole rings is 1. The highest BCUT2D eigenvalue weighted by Crippen LogP contribution is 2.26. The Bertz CT molecular complexity index is 763. The van der Waals surface area contributed by atoms with Gasteiger partial charge in [-0.1, -0.05) is 5.16 Å². The second-order valence-electron chi connectivity index (χ2n) is 4.74. The zero-order valence-electron chi connectivity index (χ0n) is 11.1. The van der Waals surface area contributed by atoms with Gasteiger partial charge in [-0.2, -0.15) is 0 Å². The maximum absolute atomic E-state index is 13.5. The molecule has 0 aliphatic rings. The normalized spacial score (nSPS) is 13.0. The Balaban J connectivity index is 2.15. The molecule has 1 unspecified atom stereocenters. The highest BCUT2D eigenvalue weighted by molar-refractivity contribution is 6.20. The summed E-state index contributed by atoms with van der Waals surface area (Å²) in [5, 5.41) is 3.57. The largest absolute Gasteiger partial charge is 0.359 e. The minimum absolute atomic E-state index is 0.283. The third-order valence-corrected chi connectivity index (χ3v) is 3.28. The van der Waals surface area contributed by atoms with E-state index in [0.717, 1.165) is 5.69 Å². The summed E-state index contributed by atoms with van der Waals surface area (Å²) in [6.45, 7) is 4.11. The van der Waals surface area contributed by atoms with Gasteiger partial charge in [0.2, 0.25) is 0 Å². The summed E-state index contributed by atoms with van der Waals surface area (Å²) in [4.78, 5) is 4.46. The molecule has 20 heavy (non-hydrogen) atoms. The van der Waals surface area contributed by atoms with Gasteiger partial charge >= 0.3 is 0 Å². The fourth-order valence-corrected chi connectivity index (χ4v) is 2.40. The monoisotopic (exact) mass is 293 g/mol. The lowest BCUT2D eigenvalue weighted by Crippen LogP contribution is -2.05. The van der Waals surface area contributed by atoms with Crippen LogP contribution in [-0.2, 0) is 6.54 Å². The Morgan fingerprint density at radius 2 is 2.20 bits per heavy atom. The van der Waals surface area contributed by atoms with Crippen molar-refractivity contribution in [2.75, 3.05) is 0 Å². The molecule has 3 rings (SSSR count). The zero-order chi connectivity index (χ0) is 14.3. The van der Waals surface area contributed by atoms with Gasteiger partial charge in [0.1, 0.15) is 11.6 Å². The molecule has 0 radical (unpaired) electrons. The second kappa shape index (κ2) is 4.90. The van der Waals surface area contributed by atoms with Crippen LogP contribution in [0.4, 0.5) is 4.39 Å². The molecule has 0 saturated heterocycles. The van der Waals surface area contributed by atoms with Gasteiger partial charge in [-0.3, -0.25) is 0 Å². The van der Waals surface area contributed by atoms with E-state index in [4.69, 9.17) is 16.1 Å². The van der Waals surface area contributed by atoms with Crippen molar-refractivity contribution in [1.82, 2.24) is 14.7 Å². The van der Waals surface area contributed by atoms with E-state index in [0.29, 0.717) is 29.2 Å². The number of aryl methyl sites for hydroxylation is 1. The Hall–Kier alpha value is -1.88. The standard InChI is InChI=1S/C14H13ClFN3O/c1-8-5-11(20-18-8)7-19-13-6-10(16)3-4-12(13)17-14(19)9(2)15/h3-6,9H,7H2,1-2H3. The van der Waals surface area contributed by atoms with Crippen molar-refractivity contribution in [2.45, 2.75) is 25.8 Å². The van der Waals surface area contributed by atoms with E-state index < -0.39 is 0 Å². The third kappa shape index (κ3) is 2.29. The van der Waals surface area contributed by atoms with E-state index in [2.05, 4.69) is 10.1 Å². The molecule has 0 spiro atoms. The second-order valence-corrected chi connectivity index (χ2v) is 5.39. The minimum Gasteiger partial charge on any atom is -0.359 e. The first-order valence-corrected chi connectivity index (χ1v) is 6.70. The molecule has 1 aromatic carbocycles. The molecule has 1 atom stereocenters. The molecule has 0 amide bonds. The number of hydrogen-bond donors (Lipinski definition) is 0. The van der Waals surface area contributed by atoms with Crippen molar-refractivity contribution in [1.29, 1.82) is 0 Å². The zero-order valence-corrected chi connectivity index (χ0v) is 11.9. The van der Waals surface area contributed by atoms with Crippen molar-refractivity contribution < 1.29 is 8.91 Å². The minimum atomic E-state index is -0.304. The summed E-state index contributed by atoms with van der Waals surface area (Å²) in [6, 6.07) is 6.33. The first-order chi connectivity index (χ1) is 9.54. The number of benzene rings is 1. The van der Waals surface area contributed by atoms with Gasteiger partial charge < -0.3 is 9.09 Å². The summed E-state index contributed by atoms with van der Waals surface area (Å²) in [6.07, 6.45) is 0. The topological polar surface area (TPSA) is 43.9 Å². The Kier molecular flexibility index (Phi) is 3.22. The van der Waals surface area contributed by atoms with Crippen molar-refractivity contribution in [2.24, 2.45) is 0 Å². The van der Waals surface area contributed by atoms with Crippen LogP contribution in [-0.4, -0.2) is 14.7 Å². The van der Waals surface area contributed by atoms with Crippen molar-refractivity contribution in [3.8, 4) is 0 Å². The Morgan fingerprint density at radius 3 is 2.85 bits per heavy atom. The van der Waals surface area contributed by atoms with Crippen LogP contribution in [0.1, 0.15) is 29.6 Å². The highest BCUT2D eigenvalue weighted by Gasteiger charge is 2.17. The van der Waals surface area contributed by atoms with Gasteiger partial charge in [0.15, 0.2) is 5.76 Å². The smallest absolute Gasteiger partial charge is 0.156 e. The molecule has 0 saturated carbocycles. The van der Waals surface area contributed by atoms with Crippen LogP contribution in [0.15, 0.2) is 28.8 Å². The third-order valence-electron chi connectivity index (χ3n) is 3.09. The molecule has 0 bridgehead atoms. The lowest BCUT2D eigenvalue weighted by atomic mass is 10.3. The van der Waals surface area contributed by atoms with Crippen LogP contribution >= 0.6 is 11.6 Å². The number of nitrogens with zero attached hydrogens (tertiary/aromatic N) is 3. The number of aromatic nitrogens is 3. The number of rotatable bonds is 3. The van der Waals surface area contributed by atoms with Gasteiger partial charge in [0.05, 0.1) is 28.6 Å². The van der Waals surface area contributed by atoms with Crippen LogP contribution in [0.2, 0.25) is 0 Å². The summed E-state index contributed by atoms with van der Waals surface area (Å²) in [5.41, 5.74) is 2.21. The molecule has 0 aliphatic carbocycles. The van der Waals surface area contributed by atoms with Crippen LogP contribution in [0.25, 0.3) is 11.0 Å². The number of hydrogen-bond acceptors (Lipinski definition) is 3. The summed E-state index contributed by atoms with van der Waals surface area (Å²) >= 11 is 6.17. The lowest BCUT2D eigenvalue weighted by molar-refractivity contribution is 0.372. The summed E-state index contributed by atoms with van der Waals surface area (Å²) in [7, 11) is 0. The molecule has 4 nitrogen and oxygen atoms in total. The SMILES string of the molecule is Cc1cc(Cn2c(C(C)Cl)nc3ccc(F)cc32)on1. The average molecular weight is 294 g/mol. The summed E-state index contributed by atoms with van der Waals surface area (Å²) < 4.78 is 20.5. The van der Waals surface area contributed by atoms with E-state index in [1.165, 1.54) is 12.1 Å². The number of alkyl halides is 1. The fraction of sp³-hybridized carbons (Fsp3) is 0.286. The van der Waals surface area contributed by atoms with Gasteiger partial charge in [-0.25, -0.2) is 9.37 Å². The van der Waals surface area contributed by atoms with E-state index >= 15 is 0 Å². The lowest BCUT2D eigenvalue weighted by Gasteiger charge is -2.08. The van der Waals surface area contributed by atoms with Gasteiger partial charge in [0, 0.05) is 6.07 Å². The van der Waals surface area contributed by atoms with Crippen molar-refractivity contribution in [3.05, 3.63) is 47.4 Å². The van der Waals surface area contributed by atoms with Crippen LogP contribution in [0.5, 0.6) is 0 Å². The van der Waals surface area contributed by atoms with Gasteiger partial charge in [-0.05, 0) is 32.0 Å². The molecule has 0 aliphatic heterocycles. The van der Waals surface area contributed by atoms with Crippen LogP contribution < -0.4 is 0 Å². The molecule has 104 valence electrons. The molecular weight excluding hydrogens is 281 g/mol. The van der Waals surface area contributed by atoms with Gasteiger partial charge in [-0.15, -0.1) is 11.6 Å². The number of halogens is 2. The molecule has 6 heteroatoms. The van der Waals surface area contributed by atoms with Crippen molar-refractivity contribution >= 4 is 22.6 Å². The average Bonchev–Trinajstić information content (AvgIpc) is 2.95. The Labute approximate surface area is 120 Å². The summed E-state index contributed by atoms with van der Waals surface area (Å²) in [5.74, 6) is 1.06. The van der Waals surface area contributed by atoms with E-state index in [1.54, 1.807) is 6.07 Å². The molecule has 0 N–H and O–H groups in total. The Morgan fingerprint density at radius 1 is 1.40 bits per heavy atom. The van der Waals surface area contributed by atoms with Crippen LogP contribution in [0, 0.1) is 12.7 Å². The molecular formula is C14H13ClFN3O. The maximum atomic E-state index is 13.5. The van der Waals surface area contributed by atoms with Crippen LogP contribution in [0.3, 0.4) is 0 Å². The fourth-order valence-electron chi connectivity index (χ4n) is 2.23. The van der Waals surface area contributed by atoms with E-state index in [-0.39, 0.29) is 11.2 Å². The first-order valence-electron chi connectivity index (χ1n) is 6.26. The molecule has 3 aromatic rings.